The highest BCUT2D eigenvalue weighted by atomic mass is 32.2. The molecule has 0 aromatic heterocycles. The average molecular weight is 331 g/mol. The zero-order valence-corrected chi connectivity index (χ0v) is 12.8. The molecule has 0 spiro atoms. The monoisotopic (exact) mass is 331 g/mol. The summed E-state index contributed by atoms with van der Waals surface area (Å²) in [4.78, 5) is 22.1. The molecule has 11 heteroatoms. The molecule has 0 bridgehead atoms. The molecule has 20 heavy (non-hydrogen) atoms. The summed E-state index contributed by atoms with van der Waals surface area (Å²) in [5.41, 5.74) is 0. The molecule has 0 aliphatic heterocycles. The van der Waals surface area contributed by atoms with Crippen molar-refractivity contribution in [2.75, 3.05) is 19.1 Å². The van der Waals surface area contributed by atoms with Gasteiger partial charge in [0.1, 0.15) is 15.9 Å². The summed E-state index contributed by atoms with van der Waals surface area (Å²) >= 11 is 0. The maximum atomic E-state index is 11.7. The highest BCUT2D eigenvalue weighted by Gasteiger charge is 2.33. The first-order valence-electron chi connectivity index (χ1n) is 5.40. The average Bonchev–Trinajstić information content (AvgIpc) is 2.30. The van der Waals surface area contributed by atoms with Crippen LogP contribution in [0.25, 0.3) is 0 Å². The van der Waals surface area contributed by atoms with Crippen molar-refractivity contribution in [2.45, 2.75) is 24.6 Å². The summed E-state index contributed by atoms with van der Waals surface area (Å²) in [5, 5.41) is 7.27. The predicted octanol–water partition coefficient (Wildman–Crippen LogP) is -1.64. The minimum atomic E-state index is -4.28. The van der Waals surface area contributed by atoms with Crippen LogP contribution >= 0.6 is 0 Å². The number of nitrogens with one attached hydrogen (secondary N) is 1. The lowest BCUT2D eigenvalue weighted by Crippen LogP contribution is -2.47. The van der Waals surface area contributed by atoms with E-state index in [0.29, 0.717) is 0 Å². The molecule has 0 fully saturated rings. The molecule has 2 unspecified atom stereocenters. The number of methoxy groups -OCH3 is 1. The van der Waals surface area contributed by atoms with Crippen LogP contribution in [0.2, 0.25) is 0 Å². The van der Waals surface area contributed by atoms with Crippen LogP contribution in [0, 0.1) is 0 Å². The quantitative estimate of drug-likeness (QED) is 0.504. The van der Waals surface area contributed by atoms with Crippen molar-refractivity contribution in [3.63, 3.8) is 0 Å². The predicted molar refractivity (Wildman–Crippen MR) is 69.3 cm³/mol. The Kier molecular flexibility index (Phi) is 6.58. The molecule has 0 heterocycles. The third kappa shape index (κ3) is 6.30. The number of hydrogen-bond acceptors (Lipinski definition) is 7. The molecule has 118 valence electrons. The third-order valence-electron chi connectivity index (χ3n) is 2.38. The summed E-state index contributed by atoms with van der Waals surface area (Å²) in [6.45, 7) is 1.03. The van der Waals surface area contributed by atoms with Crippen molar-refractivity contribution in [2.24, 2.45) is 0 Å². The first kappa shape index (κ1) is 18.8. The Bertz CT molecular complexity index is 565. The summed E-state index contributed by atoms with van der Waals surface area (Å²) in [6.07, 6.45) is 0.457. The van der Waals surface area contributed by atoms with E-state index in [1.807, 2.05) is 0 Å². The molecular formula is C9H17NO8S2. The van der Waals surface area contributed by atoms with E-state index in [0.717, 1.165) is 20.3 Å². The molecule has 0 aliphatic carbocycles. The van der Waals surface area contributed by atoms with Crippen molar-refractivity contribution >= 4 is 31.8 Å². The Morgan fingerprint density at radius 3 is 2.10 bits per heavy atom. The molecule has 2 N–H and O–H groups in total. The lowest BCUT2D eigenvalue weighted by molar-refractivity contribution is -0.140. The highest BCUT2D eigenvalue weighted by Crippen LogP contribution is 2.05. The maximum Gasteiger partial charge on any atom is 0.325 e. The minimum Gasteiger partial charge on any atom is -0.480 e. The van der Waals surface area contributed by atoms with Gasteiger partial charge in [0, 0.05) is 6.26 Å². The van der Waals surface area contributed by atoms with Gasteiger partial charge in [0.2, 0.25) is 10.0 Å². The van der Waals surface area contributed by atoms with Crippen molar-refractivity contribution in [3.05, 3.63) is 0 Å². The van der Waals surface area contributed by atoms with Crippen molar-refractivity contribution in [1.29, 1.82) is 0 Å². The van der Waals surface area contributed by atoms with Crippen molar-refractivity contribution in [3.8, 4) is 0 Å². The van der Waals surface area contributed by atoms with E-state index in [4.69, 9.17) is 5.11 Å². The smallest absolute Gasteiger partial charge is 0.325 e. The molecule has 0 aromatic carbocycles. The van der Waals surface area contributed by atoms with Crippen LogP contribution in [0.3, 0.4) is 0 Å². The van der Waals surface area contributed by atoms with E-state index in [-0.39, 0.29) is 0 Å². The Morgan fingerprint density at radius 2 is 1.75 bits per heavy atom. The van der Waals surface area contributed by atoms with Gasteiger partial charge >= 0.3 is 11.9 Å². The maximum absolute atomic E-state index is 11.7. The van der Waals surface area contributed by atoms with E-state index < -0.39 is 55.3 Å². The summed E-state index contributed by atoms with van der Waals surface area (Å²) in [6, 6.07) is -1.64. The second-order valence-electron chi connectivity index (χ2n) is 4.14. The first-order valence-corrected chi connectivity index (χ1v) is 9.01. The van der Waals surface area contributed by atoms with Crippen LogP contribution in [0.5, 0.6) is 0 Å². The number of sulfone groups is 1. The van der Waals surface area contributed by atoms with Crippen LogP contribution in [0.4, 0.5) is 0 Å². The number of carbonyl (C=O) groups excluding carboxylic acids is 1. The molecule has 0 aliphatic rings. The number of carboxylic acids is 1. The van der Waals surface area contributed by atoms with Gasteiger partial charge in [-0.05, 0) is 13.3 Å². The van der Waals surface area contributed by atoms with Gasteiger partial charge in [-0.1, -0.05) is 0 Å². The normalized spacial score (nSPS) is 15.3. The SMILES string of the molecule is COC(=O)C(C)S(=O)(=O)NC(CCS(C)(=O)=O)C(=O)O. The molecule has 0 aromatic rings. The fourth-order valence-electron chi connectivity index (χ4n) is 1.16. The van der Waals surface area contributed by atoms with Gasteiger partial charge in [0.05, 0.1) is 12.9 Å². The largest absolute Gasteiger partial charge is 0.480 e. The van der Waals surface area contributed by atoms with E-state index in [9.17, 15) is 26.4 Å². The van der Waals surface area contributed by atoms with Crippen molar-refractivity contribution in [1.82, 2.24) is 4.72 Å². The number of sulfonamides is 1. The second kappa shape index (κ2) is 6.99. The van der Waals surface area contributed by atoms with Gasteiger partial charge < -0.3 is 9.84 Å². The fraction of sp³-hybridized carbons (Fsp3) is 0.778. The number of ether oxygens (including phenoxy) is 1. The summed E-state index contributed by atoms with van der Waals surface area (Å²) in [7, 11) is -6.73. The first-order chi connectivity index (χ1) is 8.90. The number of carbonyl (C=O) groups is 2. The number of rotatable bonds is 8. The standard InChI is InChI=1S/C9H17NO8S2/c1-6(9(13)18-2)20(16,17)10-7(8(11)12)4-5-19(3,14)15/h6-7,10H,4-5H2,1-3H3,(H,11,12). The zero-order chi connectivity index (χ0) is 16.1. The molecule has 0 saturated carbocycles. The lowest BCUT2D eigenvalue weighted by Gasteiger charge is -2.17. The van der Waals surface area contributed by atoms with Crippen molar-refractivity contribution < 1.29 is 36.3 Å². The van der Waals surface area contributed by atoms with Gasteiger partial charge in [-0.15, -0.1) is 0 Å². The van der Waals surface area contributed by atoms with Crippen LogP contribution in [-0.2, 0) is 34.2 Å². The second-order valence-corrected chi connectivity index (χ2v) is 8.43. The van der Waals surface area contributed by atoms with E-state index in [2.05, 4.69) is 4.74 Å². The van der Waals surface area contributed by atoms with Gasteiger partial charge in [-0.2, -0.15) is 0 Å². The molecule has 0 saturated heterocycles. The van der Waals surface area contributed by atoms with Crippen LogP contribution in [0.1, 0.15) is 13.3 Å². The highest BCUT2D eigenvalue weighted by molar-refractivity contribution is 7.91. The van der Waals surface area contributed by atoms with Gasteiger partial charge in [-0.3, -0.25) is 9.59 Å². The molecular weight excluding hydrogens is 314 g/mol. The topological polar surface area (TPSA) is 144 Å². The zero-order valence-electron chi connectivity index (χ0n) is 11.2. The molecule has 0 rings (SSSR count). The fourth-order valence-corrected chi connectivity index (χ4v) is 2.99. The Balaban J connectivity index is 5.00. The summed E-state index contributed by atoms with van der Waals surface area (Å²) in [5.74, 6) is -3.09. The van der Waals surface area contributed by atoms with E-state index in [1.165, 1.54) is 0 Å². The molecule has 2 atom stereocenters. The Labute approximate surface area is 117 Å². The Morgan fingerprint density at radius 1 is 1.25 bits per heavy atom. The van der Waals surface area contributed by atoms with Gasteiger partial charge in [0.25, 0.3) is 0 Å². The molecule has 0 amide bonds. The Hall–Kier alpha value is -1.20. The van der Waals surface area contributed by atoms with Crippen LogP contribution in [0.15, 0.2) is 0 Å². The number of aliphatic carboxylic acids is 1. The number of hydrogen-bond donors (Lipinski definition) is 2. The number of esters is 1. The van der Waals surface area contributed by atoms with E-state index in [1.54, 1.807) is 4.72 Å². The van der Waals surface area contributed by atoms with Crippen LogP contribution < -0.4 is 4.72 Å². The summed E-state index contributed by atoms with van der Waals surface area (Å²) < 4.78 is 51.5. The molecule has 9 nitrogen and oxygen atoms in total. The van der Waals surface area contributed by atoms with Crippen LogP contribution in [-0.4, -0.2) is 64.3 Å². The molecule has 0 radical (unpaired) electrons. The third-order valence-corrected chi connectivity index (χ3v) is 5.09. The van der Waals surface area contributed by atoms with E-state index >= 15 is 0 Å². The lowest BCUT2D eigenvalue weighted by atomic mass is 10.2. The number of carboxylic acid groups (broad SMARTS) is 1. The van der Waals surface area contributed by atoms with Gasteiger partial charge in [0.15, 0.2) is 5.25 Å². The minimum absolute atomic E-state index is 0.443. The van der Waals surface area contributed by atoms with Gasteiger partial charge in [-0.25, -0.2) is 21.6 Å².